The molecule has 0 spiro atoms. The molecule has 3 heterocycles. The van der Waals surface area contributed by atoms with Crippen LogP contribution in [-0.4, -0.2) is 105 Å². The third kappa shape index (κ3) is 11.5. The van der Waals surface area contributed by atoms with Crippen LogP contribution in [0.2, 0.25) is 5.02 Å². The number of benzene rings is 4. The summed E-state index contributed by atoms with van der Waals surface area (Å²) in [4.78, 5) is 14.3. The fraction of sp³-hybridized carbons (Fsp3) is 0.364. The minimum atomic E-state index is -6.00. The summed E-state index contributed by atoms with van der Waals surface area (Å²) in [6.07, 6.45) is 3.83. The Kier molecular flexibility index (Phi) is 14.7. The molecule has 0 radical (unpaired) electrons. The van der Waals surface area contributed by atoms with E-state index in [-0.39, 0.29) is 23.4 Å². The average molecular weight is 947 g/mol. The van der Waals surface area contributed by atoms with Crippen LogP contribution in [0.4, 0.5) is 29.1 Å². The van der Waals surface area contributed by atoms with Crippen LogP contribution < -0.4 is 10.0 Å². The van der Waals surface area contributed by atoms with Crippen molar-refractivity contribution in [2.45, 2.75) is 71.1 Å². The Labute approximate surface area is 375 Å². The monoisotopic (exact) mass is 945 g/mol. The van der Waals surface area contributed by atoms with E-state index in [1.807, 2.05) is 67.5 Å². The zero-order valence-electron chi connectivity index (χ0n) is 34.7. The number of piperidine rings is 1. The number of alkyl halides is 3. The lowest BCUT2D eigenvalue weighted by Gasteiger charge is -2.40. The van der Waals surface area contributed by atoms with E-state index in [1.165, 1.54) is 24.2 Å². The van der Waals surface area contributed by atoms with E-state index < -0.39 is 41.2 Å². The third-order valence-corrected chi connectivity index (χ3v) is 15.6. The number of halogens is 5. The van der Waals surface area contributed by atoms with Crippen LogP contribution in [0.3, 0.4) is 0 Å². The fourth-order valence-electron chi connectivity index (χ4n) is 7.91. The summed E-state index contributed by atoms with van der Waals surface area (Å²) < 4.78 is 113. The lowest BCUT2D eigenvalue weighted by atomic mass is 9.96. The molecule has 63 heavy (non-hydrogen) atoms. The van der Waals surface area contributed by atoms with Crippen molar-refractivity contribution < 1.29 is 34.4 Å². The molecule has 19 heteroatoms. The van der Waals surface area contributed by atoms with Gasteiger partial charge in [-0.15, -0.1) is 11.8 Å². The topological polar surface area (TPSA) is 128 Å². The minimum absolute atomic E-state index is 0.0191. The van der Waals surface area contributed by atoms with Crippen molar-refractivity contribution in [1.29, 1.82) is 0 Å². The summed E-state index contributed by atoms with van der Waals surface area (Å²) >= 11 is 7.55. The number of thioether (sulfide) groups is 1. The Morgan fingerprint density at radius 1 is 0.921 bits per heavy atom. The first kappa shape index (κ1) is 46.7. The third-order valence-electron chi connectivity index (χ3n) is 11.3. The summed E-state index contributed by atoms with van der Waals surface area (Å²) in [7, 11) is -6.94. The molecule has 0 aliphatic carbocycles. The van der Waals surface area contributed by atoms with Crippen molar-refractivity contribution in [1.82, 2.24) is 24.7 Å². The molecule has 0 amide bonds. The molecule has 0 bridgehead atoms. The number of nitrogens with one attached hydrogen (secondary N) is 2. The van der Waals surface area contributed by atoms with Gasteiger partial charge in [-0.05, 0) is 131 Å². The standard InChI is InChI=1S/C44H48ClF4N7O4S3/c1-54(2)20-16-34(28-61-36-6-4-3-5-7-36)52-40-15-14-37(25-42(40)62(57,58)44(47,48)49)63(59,60)53-43-38-19-23-56(27-41(38)50-29-51-43)35-17-21-55(22-18-35)26-31-10-13-33(46)24-39(31)30-8-11-32(45)12-9-30/h3-15,24-25,29,34-35,52H,16-23,26-28H2,1-2H3,(H,50,51,53)/t34-/m1/s1. The summed E-state index contributed by atoms with van der Waals surface area (Å²) in [5.41, 5.74) is -2.16. The number of sulfonamides is 1. The molecule has 5 aromatic rings. The minimum Gasteiger partial charge on any atom is -0.380 e. The van der Waals surface area contributed by atoms with E-state index in [0.29, 0.717) is 67.1 Å². The Morgan fingerprint density at radius 2 is 1.65 bits per heavy atom. The van der Waals surface area contributed by atoms with Crippen LogP contribution in [0.25, 0.3) is 11.1 Å². The van der Waals surface area contributed by atoms with Crippen molar-refractivity contribution in [3.05, 3.63) is 125 Å². The number of anilines is 2. The van der Waals surface area contributed by atoms with Crippen LogP contribution in [0.5, 0.6) is 0 Å². The highest BCUT2D eigenvalue weighted by Crippen LogP contribution is 2.38. The van der Waals surface area contributed by atoms with E-state index in [4.69, 9.17) is 11.6 Å². The normalized spacial score (nSPS) is 16.2. The van der Waals surface area contributed by atoms with E-state index in [2.05, 4.69) is 29.8 Å². The highest BCUT2D eigenvalue weighted by molar-refractivity contribution is 7.99. The van der Waals surface area contributed by atoms with E-state index in [9.17, 15) is 34.4 Å². The molecule has 4 aromatic carbocycles. The van der Waals surface area contributed by atoms with Gasteiger partial charge >= 0.3 is 5.51 Å². The summed E-state index contributed by atoms with van der Waals surface area (Å²) in [6.45, 7) is 3.84. The van der Waals surface area contributed by atoms with E-state index >= 15 is 0 Å². The summed E-state index contributed by atoms with van der Waals surface area (Å²) in [5.74, 6) is 0.0634. The number of sulfone groups is 1. The van der Waals surface area contributed by atoms with Gasteiger partial charge in [0.25, 0.3) is 19.9 Å². The second kappa shape index (κ2) is 19.8. The molecule has 2 aliphatic heterocycles. The highest BCUT2D eigenvalue weighted by Gasteiger charge is 2.48. The molecule has 2 aliphatic rings. The zero-order chi connectivity index (χ0) is 44.9. The molecule has 0 unspecified atom stereocenters. The predicted molar refractivity (Wildman–Crippen MR) is 240 cm³/mol. The van der Waals surface area contributed by atoms with Gasteiger partial charge in [0.05, 0.1) is 16.3 Å². The van der Waals surface area contributed by atoms with Crippen molar-refractivity contribution in [3.63, 3.8) is 0 Å². The van der Waals surface area contributed by atoms with Crippen LogP contribution in [0, 0.1) is 5.82 Å². The lowest BCUT2D eigenvalue weighted by Crippen LogP contribution is -2.46. The molecule has 7 rings (SSSR count). The average Bonchev–Trinajstić information content (AvgIpc) is 3.25. The quantitative estimate of drug-likeness (QED) is 0.0730. The maximum atomic E-state index is 14.3. The molecule has 1 aromatic heterocycles. The molecule has 1 fully saturated rings. The van der Waals surface area contributed by atoms with Crippen molar-refractivity contribution >= 4 is 54.7 Å². The molecule has 0 saturated carbocycles. The van der Waals surface area contributed by atoms with Crippen molar-refractivity contribution in [3.8, 4) is 11.1 Å². The number of hydrogen-bond acceptors (Lipinski definition) is 11. The number of likely N-dealkylation sites (tertiary alicyclic amines) is 1. The molecule has 336 valence electrons. The van der Waals surface area contributed by atoms with Crippen LogP contribution >= 0.6 is 23.4 Å². The Balaban J connectivity index is 1.04. The largest absolute Gasteiger partial charge is 0.501 e. The van der Waals surface area contributed by atoms with Gasteiger partial charge in [0.15, 0.2) is 0 Å². The zero-order valence-corrected chi connectivity index (χ0v) is 37.9. The van der Waals surface area contributed by atoms with Gasteiger partial charge in [-0.3, -0.25) is 14.5 Å². The van der Waals surface area contributed by atoms with E-state index in [0.717, 1.165) is 59.6 Å². The molecular weight excluding hydrogens is 898 g/mol. The second-order valence-corrected chi connectivity index (χ2v) is 21.1. The van der Waals surface area contributed by atoms with Crippen molar-refractivity contribution in [2.24, 2.45) is 0 Å². The fourth-order valence-corrected chi connectivity index (χ4v) is 11.1. The first-order valence-electron chi connectivity index (χ1n) is 20.4. The number of fused-ring (bicyclic) bond motifs is 1. The van der Waals surface area contributed by atoms with Crippen LogP contribution in [-0.2, 0) is 39.4 Å². The SMILES string of the molecule is CN(C)CC[C@H](CSc1ccccc1)Nc1ccc(S(=O)(=O)Nc2ncnc3c2CCN(C2CCN(Cc4ccc(F)cc4-c4ccc(Cl)cc4)CC2)C3)cc1S(=O)(=O)C(F)(F)F. The highest BCUT2D eigenvalue weighted by atomic mass is 35.5. The van der Waals surface area contributed by atoms with Gasteiger partial charge in [0.1, 0.15) is 22.9 Å². The molecule has 2 N–H and O–H groups in total. The Morgan fingerprint density at radius 3 is 2.35 bits per heavy atom. The van der Waals surface area contributed by atoms with Gasteiger partial charge in [-0.2, -0.15) is 13.2 Å². The van der Waals surface area contributed by atoms with Gasteiger partial charge in [-0.25, -0.2) is 31.2 Å². The molecule has 1 atom stereocenters. The predicted octanol–water partition coefficient (Wildman–Crippen LogP) is 8.58. The van der Waals surface area contributed by atoms with Gasteiger partial charge in [0.2, 0.25) is 0 Å². The number of hydrogen-bond donors (Lipinski definition) is 2. The first-order valence-corrected chi connectivity index (χ1v) is 24.7. The summed E-state index contributed by atoms with van der Waals surface area (Å²) in [6, 6.07) is 24.0. The Hall–Kier alpha value is -4.30. The maximum absolute atomic E-state index is 14.3. The smallest absolute Gasteiger partial charge is 0.380 e. The van der Waals surface area contributed by atoms with Gasteiger partial charge < -0.3 is 10.2 Å². The summed E-state index contributed by atoms with van der Waals surface area (Å²) in [5, 5.41) is 3.60. The van der Waals surface area contributed by atoms with E-state index in [1.54, 1.807) is 18.2 Å². The van der Waals surface area contributed by atoms with Crippen LogP contribution in [0.15, 0.2) is 112 Å². The molecular formula is C44H48ClF4N7O4S3. The number of nitrogens with zero attached hydrogens (tertiary/aromatic N) is 5. The van der Waals surface area contributed by atoms with Crippen molar-refractivity contribution in [2.75, 3.05) is 56.1 Å². The maximum Gasteiger partial charge on any atom is 0.501 e. The molecule has 11 nitrogen and oxygen atoms in total. The molecule has 1 saturated heterocycles. The number of rotatable bonds is 16. The van der Waals surface area contributed by atoms with Crippen LogP contribution in [0.1, 0.15) is 36.1 Å². The van der Waals surface area contributed by atoms with Gasteiger partial charge in [-0.1, -0.05) is 48.0 Å². The Bertz CT molecular complexity index is 2600. The number of aromatic nitrogens is 2. The first-order chi connectivity index (χ1) is 30.0. The lowest BCUT2D eigenvalue weighted by molar-refractivity contribution is -0.0435. The van der Waals surface area contributed by atoms with Gasteiger partial charge in [0, 0.05) is 53.0 Å². The second-order valence-electron chi connectivity index (χ2n) is 16.0.